The second kappa shape index (κ2) is 8.68. The van der Waals surface area contributed by atoms with Gasteiger partial charge in [0.05, 0.1) is 12.2 Å². The normalized spacial score (nSPS) is 22.9. The van der Waals surface area contributed by atoms with Crippen LogP contribution in [0.3, 0.4) is 0 Å². The van der Waals surface area contributed by atoms with Gasteiger partial charge in [-0.3, -0.25) is 9.78 Å². The van der Waals surface area contributed by atoms with Crippen molar-refractivity contribution in [3.63, 3.8) is 0 Å². The van der Waals surface area contributed by atoms with E-state index >= 15 is 0 Å². The Balaban J connectivity index is 1.46. The van der Waals surface area contributed by atoms with E-state index in [1.165, 1.54) is 0 Å². The number of morpholine rings is 1. The van der Waals surface area contributed by atoms with Crippen molar-refractivity contribution in [1.82, 2.24) is 19.9 Å². The lowest BCUT2D eigenvalue weighted by Gasteiger charge is -2.39. The van der Waals surface area contributed by atoms with E-state index in [1.807, 2.05) is 37.8 Å². The fraction of sp³-hybridized carbons (Fsp3) is 0.565. The Kier molecular flexibility index (Phi) is 5.99. The van der Waals surface area contributed by atoms with E-state index in [0.717, 1.165) is 48.6 Å². The Labute approximate surface area is 178 Å². The van der Waals surface area contributed by atoms with Gasteiger partial charge in [-0.1, -0.05) is 0 Å². The minimum Gasteiger partial charge on any atom is -0.372 e. The maximum Gasteiger partial charge on any atom is 0.225 e. The highest BCUT2D eigenvalue weighted by atomic mass is 16.5. The van der Waals surface area contributed by atoms with Crippen LogP contribution in [0.25, 0.3) is 11.4 Å². The van der Waals surface area contributed by atoms with Crippen molar-refractivity contribution in [3.05, 3.63) is 35.8 Å². The van der Waals surface area contributed by atoms with Gasteiger partial charge >= 0.3 is 0 Å². The third kappa shape index (κ3) is 4.31. The average molecular weight is 410 g/mol. The number of rotatable bonds is 3. The molecule has 2 unspecified atom stereocenters. The lowest BCUT2D eigenvalue weighted by molar-refractivity contribution is -0.148. The van der Waals surface area contributed by atoms with E-state index < -0.39 is 0 Å². The molecular formula is C23H31N5O2. The number of hydrogen-bond acceptors (Lipinski definition) is 6. The summed E-state index contributed by atoms with van der Waals surface area (Å²) < 4.78 is 5.78. The van der Waals surface area contributed by atoms with Crippen LogP contribution >= 0.6 is 0 Å². The van der Waals surface area contributed by atoms with Crippen LogP contribution in [0.15, 0.2) is 24.5 Å². The van der Waals surface area contributed by atoms with Crippen LogP contribution in [-0.4, -0.2) is 64.1 Å². The van der Waals surface area contributed by atoms with Crippen LogP contribution in [0.5, 0.6) is 0 Å². The van der Waals surface area contributed by atoms with Crippen LogP contribution in [-0.2, 0) is 9.53 Å². The highest BCUT2D eigenvalue weighted by Crippen LogP contribution is 2.29. The first kappa shape index (κ1) is 20.7. The number of nitrogens with zero attached hydrogens (tertiary/aromatic N) is 5. The molecule has 0 spiro atoms. The fourth-order valence-corrected chi connectivity index (χ4v) is 4.50. The van der Waals surface area contributed by atoms with Crippen molar-refractivity contribution in [2.75, 3.05) is 31.1 Å². The topological polar surface area (TPSA) is 71.5 Å². The first-order valence-corrected chi connectivity index (χ1v) is 10.9. The maximum atomic E-state index is 13.1. The molecule has 7 heteroatoms. The first-order valence-electron chi connectivity index (χ1n) is 10.9. The van der Waals surface area contributed by atoms with E-state index in [0.29, 0.717) is 18.9 Å². The predicted octanol–water partition coefficient (Wildman–Crippen LogP) is 3.01. The fourth-order valence-electron chi connectivity index (χ4n) is 4.50. The largest absolute Gasteiger partial charge is 0.372 e. The molecular weight excluding hydrogens is 378 g/mol. The van der Waals surface area contributed by atoms with E-state index in [1.54, 1.807) is 12.4 Å². The van der Waals surface area contributed by atoms with Gasteiger partial charge < -0.3 is 14.5 Å². The molecule has 30 heavy (non-hydrogen) atoms. The van der Waals surface area contributed by atoms with Gasteiger partial charge in [0.25, 0.3) is 0 Å². The van der Waals surface area contributed by atoms with Gasteiger partial charge in [-0.05, 0) is 52.7 Å². The molecule has 2 atom stereocenters. The third-order valence-electron chi connectivity index (χ3n) is 6.16. The molecule has 2 aliphatic rings. The highest BCUT2D eigenvalue weighted by molar-refractivity contribution is 5.79. The van der Waals surface area contributed by atoms with Crippen molar-refractivity contribution in [3.8, 4) is 11.4 Å². The lowest BCUT2D eigenvalue weighted by atomic mass is 9.94. The molecule has 0 N–H and O–H groups in total. The number of pyridine rings is 1. The minimum atomic E-state index is 0.0831. The number of anilines is 1. The summed E-state index contributed by atoms with van der Waals surface area (Å²) in [7, 11) is 0. The Morgan fingerprint density at radius 3 is 2.43 bits per heavy atom. The smallest absolute Gasteiger partial charge is 0.225 e. The van der Waals surface area contributed by atoms with E-state index in [2.05, 4.69) is 21.8 Å². The molecule has 0 saturated carbocycles. The van der Waals surface area contributed by atoms with Crippen LogP contribution < -0.4 is 4.90 Å². The Hall–Kier alpha value is -2.54. The van der Waals surface area contributed by atoms with Gasteiger partial charge in [0.15, 0.2) is 5.82 Å². The molecule has 0 radical (unpaired) electrons. The predicted molar refractivity (Wildman–Crippen MR) is 116 cm³/mol. The van der Waals surface area contributed by atoms with Gasteiger partial charge in [-0.25, -0.2) is 9.97 Å². The molecule has 2 aromatic heterocycles. The van der Waals surface area contributed by atoms with Crippen LogP contribution in [0, 0.1) is 19.8 Å². The van der Waals surface area contributed by atoms with E-state index in [9.17, 15) is 4.79 Å². The summed E-state index contributed by atoms with van der Waals surface area (Å²) in [5, 5.41) is 0. The van der Waals surface area contributed by atoms with E-state index in [-0.39, 0.29) is 24.0 Å². The van der Waals surface area contributed by atoms with Crippen LogP contribution in [0.2, 0.25) is 0 Å². The lowest BCUT2D eigenvalue weighted by Crippen LogP contribution is -2.51. The molecule has 2 aliphatic heterocycles. The SMILES string of the molecule is Cc1nc(-c2cccnc2)nc(N2CCC(C(=O)N3CC(C)OC(C)C3)CC2)c1C. The van der Waals surface area contributed by atoms with Gasteiger partial charge in [0.2, 0.25) is 5.91 Å². The van der Waals surface area contributed by atoms with E-state index in [4.69, 9.17) is 9.72 Å². The minimum absolute atomic E-state index is 0.0831. The zero-order chi connectivity index (χ0) is 21.3. The number of carbonyl (C=O) groups is 1. The van der Waals surface area contributed by atoms with Crippen molar-refractivity contribution in [1.29, 1.82) is 0 Å². The molecule has 160 valence electrons. The molecule has 1 amide bonds. The number of aryl methyl sites for hydroxylation is 1. The summed E-state index contributed by atoms with van der Waals surface area (Å²) >= 11 is 0. The Bertz CT molecular complexity index is 886. The number of amides is 1. The summed E-state index contributed by atoms with van der Waals surface area (Å²) in [5.41, 5.74) is 3.00. The molecule has 0 bridgehead atoms. The number of piperidine rings is 1. The van der Waals surface area contributed by atoms with Gasteiger partial charge in [0.1, 0.15) is 5.82 Å². The molecule has 4 rings (SSSR count). The maximum absolute atomic E-state index is 13.1. The zero-order valence-electron chi connectivity index (χ0n) is 18.3. The highest BCUT2D eigenvalue weighted by Gasteiger charge is 2.33. The Morgan fingerprint density at radius 1 is 1.10 bits per heavy atom. The van der Waals surface area contributed by atoms with Gasteiger partial charge in [-0.2, -0.15) is 0 Å². The van der Waals surface area contributed by atoms with Gasteiger partial charge in [-0.15, -0.1) is 0 Å². The van der Waals surface area contributed by atoms with Crippen LogP contribution in [0.4, 0.5) is 5.82 Å². The summed E-state index contributed by atoms with van der Waals surface area (Å²) in [6.07, 6.45) is 5.46. The molecule has 0 aromatic carbocycles. The second-order valence-corrected chi connectivity index (χ2v) is 8.58. The van der Waals surface area contributed by atoms with Crippen molar-refractivity contribution in [2.24, 2.45) is 5.92 Å². The summed E-state index contributed by atoms with van der Waals surface area (Å²) in [6, 6.07) is 3.88. The number of aromatic nitrogens is 3. The van der Waals surface area contributed by atoms with Crippen molar-refractivity contribution >= 4 is 11.7 Å². The molecule has 2 aromatic rings. The second-order valence-electron chi connectivity index (χ2n) is 8.58. The third-order valence-corrected chi connectivity index (χ3v) is 6.16. The average Bonchev–Trinajstić information content (AvgIpc) is 2.75. The summed E-state index contributed by atoms with van der Waals surface area (Å²) in [5.74, 6) is 2.04. The van der Waals surface area contributed by atoms with Gasteiger partial charge in [0, 0.05) is 61.3 Å². The quantitative estimate of drug-likeness (QED) is 0.776. The first-order chi connectivity index (χ1) is 14.4. The molecule has 0 aliphatic carbocycles. The zero-order valence-corrected chi connectivity index (χ0v) is 18.3. The van der Waals surface area contributed by atoms with Crippen molar-refractivity contribution < 1.29 is 9.53 Å². The van der Waals surface area contributed by atoms with Crippen molar-refractivity contribution in [2.45, 2.75) is 52.7 Å². The number of carbonyl (C=O) groups excluding carboxylic acids is 1. The summed E-state index contributed by atoms with van der Waals surface area (Å²) in [4.78, 5) is 31.1. The number of hydrogen-bond donors (Lipinski definition) is 0. The van der Waals surface area contributed by atoms with Crippen LogP contribution in [0.1, 0.15) is 37.9 Å². The molecule has 7 nitrogen and oxygen atoms in total. The summed E-state index contributed by atoms with van der Waals surface area (Å²) in [6.45, 7) is 11.2. The molecule has 2 fully saturated rings. The Morgan fingerprint density at radius 2 is 1.80 bits per heavy atom. The molecule has 4 heterocycles. The standard InChI is InChI=1S/C23H31N5O2/c1-15-13-28(14-16(2)30-15)23(29)19-7-10-27(11-8-19)22-17(3)18(4)25-21(26-22)20-6-5-9-24-12-20/h5-6,9,12,15-16,19H,7-8,10-11,13-14H2,1-4H3. The number of ether oxygens (including phenoxy) is 1. The molecule has 2 saturated heterocycles. The monoisotopic (exact) mass is 409 g/mol.